The second-order valence-electron chi connectivity index (χ2n) is 9.01. The molecule has 1 aromatic heterocycles. The molecule has 0 saturated carbocycles. The number of nitrogens with one attached hydrogen (secondary N) is 2. The average molecular weight is 497 g/mol. The fourth-order valence-electron chi connectivity index (χ4n) is 4.68. The summed E-state index contributed by atoms with van der Waals surface area (Å²) in [5.41, 5.74) is 3.15. The molecule has 184 valence electrons. The number of fused-ring (bicyclic) bond motifs is 2. The van der Waals surface area contributed by atoms with Crippen molar-refractivity contribution in [3.63, 3.8) is 0 Å². The maximum absolute atomic E-state index is 13.4. The largest absolute Gasteiger partial charge is 0.479 e. The standard InChI is InChI=1S/C25H28N4O5S/c1-16-13-21-22(34-17(2)25(31)27-21)14-23(16)35(32,33)29-11-9-28(10-12-29)24(30)8-7-18-15-26-20-6-4-3-5-19(18)20/h3-6,13-15,17,26H,7-12H2,1-2H3,(H,27,31). The molecule has 2 aliphatic heterocycles. The number of H-pyrrole nitrogens is 1. The number of piperazine rings is 1. The summed E-state index contributed by atoms with van der Waals surface area (Å²) in [7, 11) is -3.78. The Balaban J connectivity index is 1.23. The number of aromatic amines is 1. The van der Waals surface area contributed by atoms with Gasteiger partial charge in [0.2, 0.25) is 15.9 Å². The third kappa shape index (κ3) is 4.39. The zero-order valence-corrected chi connectivity index (χ0v) is 20.5. The number of anilines is 1. The maximum Gasteiger partial charge on any atom is 0.265 e. The number of carbonyl (C=O) groups excluding carboxylic acids is 2. The van der Waals surface area contributed by atoms with Crippen LogP contribution in [0.2, 0.25) is 0 Å². The van der Waals surface area contributed by atoms with Crippen LogP contribution >= 0.6 is 0 Å². The highest BCUT2D eigenvalue weighted by Gasteiger charge is 2.33. The van der Waals surface area contributed by atoms with Crippen LogP contribution < -0.4 is 10.1 Å². The lowest BCUT2D eigenvalue weighted by atomic mass is 10.1. The van der Waals surface area contributed by atoms with Gasteiger partial charge in [-0.15, -0.1) is 0 Å². The first-order valence-electron chi connectivity index (χ1n) is 11.7. The molecule has 2 amide bonds. The Morgan fingerprint density at radius 1 is 1.14 bits per heavy atom. The molecule has 2 N–H and O–H groups in total. The van der Waals surface area contributed by atoms with E-state index >= 15 is 0 Å². The first kappa shape index (κ1) is 23.4. The second kappa shape index (κ2) is 9.01. The molecule has 0 radical (unpaired) electrons. The van der Waals surface area contributed by atoms with Gasteiger partial charge in [-0.25, -0.2) is 8.42 Å². The fourth-order valence-corrected chi connectivity index (χ4v) is 6.32. The van der Waals surface area contributed by atoms with Gasteiger partial charge in [-0.3, -0.25) is 9.59 Å². The highest BCUT2D eigenvalue weighted by atomic mass is 32.2. The summed E-state index contributed by atoms with van der Waals surface area (Å²) in [5, 5.41) is 3.86. The van der Waals surface area contributed by atoms with Crippen LogP contribution in [0.4, 0.5) is 5.69 Å². The number of hydrogen-bond donors (Lipinski definition) is 2. The molecule has 0 aliphatic carbocycles. The summed E-state index contributed by atoms with van der Waals surface area (Å²) < 4.78 is 33.8. The smallest absolute Gasteiger partial charge is 0.265 e. The molecule has 9 nitrogen and oxygen atoms in total. The zero-order valence-electron chi connectivity index (χ0n) is 19.7. The quantitative estimate of drug-likeness (QED) is 0.564. The van der Waals surface area contributed by atoms with E-state index in [0.717, 1.165) is 16.5 Å². The lowest BCUT2D eigenvalue weighted by Gasteiger charge is -2.34. The monoisotopic (exact) mass is 496 g/mol. The molecule has 1 unspecified atom stereocenters. The Kier molecular flexibility index (Phi) is 6.02. The molecule has 1 atom stereocenters. The molecule has 10 heteroatoms. The van der Waals surface area contributed by atoms with Crippen LogP contribution in [0, 0.1) is 6.92 Å². The van der Waals surface area contributed by atoms with E-state index in [1.54, 1.807) is 24.8 Å². The lowest BCUT2D eigenvalue weighted by Crippen LogP contribution is -2.50. The van der Waals surface area contributed by atoms with E-state index in [2.05, 4.69) is 10.3 Å². The Labute approximate surface area is 204 Å². The minimum Gasteiger partial charge on any atom is -0.479 e. The van der Waals surface area contributed by atoms with Crippen LogP contribution in [0.3, 0.4) is 0 Å². The van der Waals surface area contributed by atoms with E-state index in [1.807, 2.05) is 30.5 Å². The topological polar surface area (TPSA) is 112 Å². The number of aromatic nitrogens is 1. The molecule has 2 aromatic carbocycles. The summed E-state index contributed by atoms with van der Waals surface area (Å²) >= 11 is 0. The van der Waals surface area contributed by atoms with Gasteiger partial charge in [0.1, 0.15) is 5.75 Å². The second-order valence-corrected chi connectivity index (χ2v) is 10.9. The molecule has 5 rings (SSSR count). The zero-order chi connectivity index (χ0) is 24.7. The number of nitrogens with zero attached hydrogens (tertiary/aromatic N) is 2. The van der Waals surface area contributed by atoms with Crippen LogP contribution in [0.15, 0.2) is 47.5 Å². The Bertz CT molecular complexity index is 1410. The summed E-state index contributed by atoms with van der Waals surface area (Å²) in [6.45, 7) is 4.46. The third-order valence-electron chi connectivity index (χ3n) is 6.70. The third-order valence-corrected chi connectivity index (χ3v) is 8.74. The molecule has 35 heavy (non-hydrogen) atoms. The summed E-state index contributed by atoms with van der Waals surface area (Å²) in [5.74, 6) is 0.0979. The minimum atomic E-state index is -3.78. The van der Waals surface area contributed by atoms with E-state index in [9.17, 15) is 18.0 Å². The van der Waals surface area contributed by atoms with Crippen LogP contribution in [-0.4, -0.2) is 66.7 Å². The van der Waals surface area contributed by atoms with Gasteiger partial charge in [-0.2, -0.15) is 4.31 Å². The molecule has 1 saturated heterocycles. The first-order chi connectivity index (χ1) is 16.7. The number of benzene rings is 2. The number of amides is 2. The van der Waals surface area contributed by atoms with Crippen molar-refractivity contribution in [3.8, 4) is 5.75 Å². The van der Waals surface area contributed by atoms with Crippen molar-refractivity contribution in [2.24, 2.45) is 0 Å². The number of hydrogen-bond acceptors (Lipinski definition) is 5. The average Bonchev–Trinajstić information content (AvgIpc) is 3.26. The predicted octanol–water partition coefficient (Wildman–Crippen LogP) is 2.66. The van der Waals surface area contributed by atoms with E-state index in [4.69, 9.17) is 4.74 Å². The number of para-hydroxylation sites is 1. The summed E-state index contributed by atoms with van der Waals surface area (Å²) in [4.78, 5) is 29.8. The molecular weight excluding hydrogens is 468 g/mol. The van der Waals surface area contributed by atoms with Gasteiger partial charge in [-0.05, 0) is 43.5 Å². The van der Waals surface area contributed by atoms with Gasteiger partial charge in [0, 0.05) is 55.8 Å². The van der Waals surface area contributed by atoms with Crippen molar-refractivity contribution in [1.82, 2.24) is 14.2 Å². The molecule has 2 aliphatic rings. The molecule has 0 bridgehead atoms. The summed E-state index contributed by atoms with van der Waals surface area (Å²) in [6.07, 6.45) is 2.25. The molecule has 3 aromatic rings. The van der Waals surface area contributed by atoms with Crippen molar-refractivity contribution in [3.05, 3.63) is 53.7 Å². The van der Waals surface area contributed by atoms with E-state index in [0.29, 0.717) is 42.9 Å². The Hall–Kier alpha value is -3.37. The molecule has 3 heterocycles. The van der Waals surface area contributed by atoms with Crippen LogP contribution in [0.1, 0.15) is 24.5 Å². The first-order valence-corrected chi connectivity index (χ1v) is 13.1. The predicted molar refractivity (Wildman–Crippen MR) is 132 cm³/mol. The van der Waals surface area contributed by atoms with Crippen molar-refractivity contribution in [2.75, 3.05) is 31.5 Å². The highest BCUT2D eigenvalue weighted by molar-refractivity contribution is 7.89. The van der Waals surface area contributed by atoms with E-state index in [-0.39, 0.29) is 29.8 Å². The Morgan fingerprint density at radius 3 is 2.66 bits per heavy atom. The number of aryl methyl sites for hydroxylation is 2. The van der Waals surface area contributed by atoms with Crippen molar-refractivity contribution >= 4 is 38.4 Å². The van der Waals surface area contributed by atoms with Gasteiger partial charge in [0.25, 0.3) is 5.91 Å². The van der Waals surface area contributed by atoms with Gasteiger partial charge >= 0.3 is 0 Å². The number of rotatable bonds is 5. The Morgan fingerprint density at radius 2 is 1.89 bits per heavy atom. The van der Waals surface area contributed by atoms with Gasteiger partial charge in [0.15, 0.2) is 6.10 Å². The number of ether oxygens (including phenoxy) is 1. The molecule has 1 fully saturated rings. The van der Waals surface area contributed by atoms with Gasteiger partial charge in [-0.1, -0.05) is 18.2 Å². The molecule has 0 spiro atoms. The van der Waals surface area contributed by atoms with Crippen molar-refractivity contribution in [2.45, 2.75) is 37.7 Å². The molecular formula is C25H28N4O5S. The van der Waals surface area contributed by atoms with Gasteiger partial charge < -0.3 is 19.9 Å². The maximum atomic E-state index is 13.4. The summed E-state index contributed by atoms with van der Waals surface area (Å²) in [6, 6.07) is 11.1. The lowest BCUT2D eigenvalue weighted by molar-refractivity contribution is -0.132. The fraction of sp³-hybridized carbons (Fsp3) is 0.360. The SMILES string of the molecule is Cc1cc2c(cc1S(=O)(=O)N1CCN(C(=O)CCc3c[nH]c4ccccc34)CC1)OC(C)C(=O)N2. The van der Waals surface area contributed by atoms with E-state index < -0.39 is 16.1 Å². The number of sulfonamides is 1. The highest BCUT2D eigenvalue weighted by Crippen LogP contribution is 2.35. The van der Waals surface area contributed by atoms with Crippen LogP contribution in [0.25, 0.3) is 10.9 Å². The van der Waals surface area contributed by atoms with Crippen molar-refractivity contribution < 1.29 is 22.7 Å². The van der Waals surface area contributed by atoms with Crippen molar-refractivity contribution in [1.29, 1.82) is 0 Å². The van der Waals surface area contributed by atoms with Crippen LogP contribution in [0.5, 0.6) is 5.75 Å². The van der Waals surface area contributed by atoms with Gasteiger partial charge in [0.05, 0.1) is 10.6 Å². The minimum absolute atomic E-state index is 0.0235. The number of carbonyl (C=O) groups is 2. The van der Waals surface area contributed by atoms with Crippen LogP contribution in [-0.2, 0) is 26.0 Å². The normalized spacial score (nSPS) is 18.7. The van der Waals surface area contributed by atoms with E-state index in [1.165, 1.54) is 10.4 Å².